The first-order chi connectivity index (χ1) is 19.8. The van der Waals surface area contributed by atoms with Crippen LogP contribution in [0.4, 0.5) is 5.69 Å². The number of carbonyl (C=O) groups is 1. The van der Waals surface area contributed by atoms with Gasteiger partial charge < -0.3 is 19.5 Å². The Morgan fingerprint density at radius 1 is 1.10 bits per heavy atom. The van der Waals surface area contributed by atoms with Gasteiger partial charge in [-0.1, -0.05) is 50.2 Å². The van der Waals surface area contributed by atoms with Crippen molar-refractivity contribution in [2.24, 2.45) is 5.41 Å². The number of pyridine rings is 1. The van der Waals surface area contributed by atoms with Gasteiger partial charge in [-0.15, -0.1) is 0 Å². The van der Waals surface area contributed by atoms with Gasteiger partial charge in [0.15, 0.2) is 6.10 Å². The van der Waals surface area contributed by atoms with Crippen molar-refractivity contribution in [3.05, 3.63) is 76.6 Å². The van der Waals surface area contributed by atoms with Gasteiger partial charge in [-0.05, 0) is 94.5 Å². The number of hydrogen-bond donors (Lipinski definition) is 1. The summed E-state index contributed by atoms with van der Waals surface area (Å²) in [4.78, 5) is 20.1. The standard InChI is InChI=1S/C36H46N2O4/c1-23-30(27-14-16-29-26(22-27)13-15-28(41-29)21-25-11-9-8-10-12-25)32(38-19-17-36(6,7)18-20-38)31(24(2)37-23)33(34(39)40)42-35(3,4)5/h8-12,14,16,22,28,33H,13,15,17-21H2,1-7H3,(H,39,40)/t28-,33-/m0/s1. The van der Waals surface area contributed by atoms with Crippen LogP contribution >= 0.6 is 0 Å². The number of fused-ring (bicyclic) bond motifs is 1. The zero-order valence-electron chi connectivity index (χ0n) is 26.3. The fourth-order valence-corrected chi connectivity index (χ4v) is 6.38. The molecule has 2 atom stereocenters. The molecule has 2 aliphatic rings. The van der Waals surface area contributed by atoms with Gasteiger partial charge in [0.1, 0.15) is 11.9 Å². The summed E-state index contributed by atoms with van der Waals surface area (Å²) in [7, 11) is 0. The number of aromatic nitrogens is 1. The second-order valence-electron chi connectivity index (χ2n) is 13.8. The molecule has 0 bridgehead atoms. The lowest BCUT2D eigenvalue weighted by molar-refractivity contribution is -0.160. The molecular weight excluding hydrogens is 524 g/mol. The van der Waals surface area contributed by atoms with E-state index < -0.39 is 17.7 Å². The van der Waals surface area contributed by atoms with Gasteiger partial charge in [-0.2, -0.15) is 0 Å². The van der Waals surface area contributed by atoms with E-state index in [9.17, 15) is 9.90 Å². The van der Waals surface area contributed by atoms with Crippen molar-refractivity contribution in [3.63, 3.8) is 0 Å². The Bertz CT molecular complexity index is 1430. The van der Waals surface area contributed by atoms with Crippen LogP contribution in [0.25, 0.3) is 11.1 Å². The largest absolute Gasteiger partial charge is 0.490 e. The quantitative estimate of drug-likeness (QED) is 0.312. The van der Waals surface area contributed by atoms with E-state index in [1.807, 2.05) is 40.7 Å². The van der Waals surface area contributed by atoms with E-state index in [0.717, 1.165) is 73.5 Å². The van der Waals surface area contributed by atoms with E-state index in [2.05, 4.69) is 61.2 Å². The third kappa shape index (κ3) is 6.64. The highest BCUT2D eigenvalue weighted by atomic mass is 16.5. The number of carboxylic acid groups (broad SMARTS) is 1. The molecule has 1 saturated heterocycles. The molecule has 42 heavy (non-hydrogen) atoms. The fourth-order valence-electron chi connectivity index (χ4n) is 6.38. The lowest BCUT2D eigenvalue weighted by Crippen LogP contribution is -2.39. The van der Waals surface area contributed by atoms with Gasteiger partial charge in [0.2, 0.25) is 0 Å². The molecule has 1 aromatic heterocycles. The first-order valence-electron chi connectivity index (χ1n) is 15.3. The number of nitrogens with zero attached hydrogens (tertiary/aromatic N) is 2. The maximum absolute atomic E-state index is 12.8. The molecule has 0 unspecified atom stereocenters. The number of hydrogen-bond acceptors (Lipinski definition) is 5. The normalized spacial score (nSPS) is 19.1. The van der Waals surface area contributed by atoms with E-state index >= 15 is 0 Å². The molecule has 1 fully saturated rings. The summed E-state index contributed by atoms with van der Waals surface area (Å²) in [5, 5.41) is 10.5. The summed E-state index contributed by atoms with van der Waals surface area (Å²) in [6.45, 7) is 16.0. The number of aliphatic carboxylic acids is 1. The van der Waals surface area contributed by atoms with Crippen molar-refractivity contribution in [3.8, 4) is 16.9 Å². The average molecular weight is 571 g/mol. The molecule has 6 heteroatoms. The van der Waals surface area contributed by atoms with Crippen molar-refractivity contribution >= 4 is 11.7 Å². The number of aryl methyl sites for hydroxylation is 3. The van der Waals surface area contributed by atoms with Crippen molar-refractivity contribution < 1.29 is 19.4 Å². The number of anilines is 1. The van der Waals surface area contributed by atoms with Crippen molar-refractivity contribution in [2.75, 3.05) is 18.0 Å². The van der Waals surface area contributed by atoms with Crippen LogP contribution < -0.4 is 9.64 Å². The van der Waals surface area contributed by atoms with Gasteiger partial charge in [0, 0.05) is 42.0 Å². The lowest BCUT2D eigenvalue weighted by atomic mass is 9.81. The minimum absolute atomic E-state index is 0.151. The number of ether oxygens (including phenoxy) is 2. The zero-order chi connectivity index (χ0) is 30.2. The third-order valence-electron chi connectivity index (χ3n) is 8.65. The first kappa shape index (κ1) is 30.1. The Hall–Kier alpha value is -3.38. The van der Waals surface area contributed by atoms with E-state index in [1.165, 1.54) is 11.1 Å². The van der Waals surface area contributed by atoms with Gasteiger partial charge in [-0.3, -0.25) is 4.98 Å². The van der Waals surface area contributed by atoms with Gasteiger partial charge in [0.25, 0.3) is 0 Å². The zero-order valence-corrected chi connectivity index (χ0v) is 26.3. The summed E-state index contributed by atoms with van der Waals surface area (Å²) >= 11 is 0. The second-order valence-corrected chi connectivity index (χ2v) is 13.8. The molecule has 2 aliphatic heterocycles. The maximum Gasteiger partial charge on any atom is 0.337 e. The molecule has 6 nitrogen and oxygen atoms in total. The van der Waals surface area contributed by atoms with Crippen LogP contribution in [-0.2, 0) is 22.4 Å². The second kappa shape index (κ2) is 11.7. The molecular formula is C36H46N2O4. The molecule has 3 aromatic rings. The summed E-state index contributed by atoms with van der Waals surface area (Å²) in [6.07, 6.45) is 3.88. The third-order valence-corrected chi connectivity index (χ3v) is 8.65. The fraction of sp³-hybridized carbons (Fsp3) is 0.500. The van der Waals surface area contributed by atoms with E-state index in [1.54, 1.807) is 0 Å². The predicted molar refractivity (Wildman–Crippen MR) is 168 cm³/mol. The monoisotopic (exact) mass is 570 g/mol. The number of rotatable bonds is 7. The van der Waals surface area contributed by atoms with Crippen LogP contribution in [-0.4, -0.2) is 40.9 Å². The molecule has 2 aromatic carbocycles. The van der Waals surface area contributed by atoms with E-state index in [-0.39, 0.29) is 11.5 Å². The molecule has 5 rings (SSSR count). The number of carboxylic acids is 1. The summed E-state index contributed by atoms with van der Waals surface area (Å²) in [6, 6.07) is 16.9. The minimum atomic E-state index is -1.12. The van der Waals surface area contributed by atoms with E-state index in [0.29, 0.717) is 11.3 Å². The lowest BCUT2D eigenvalue weighted by Gasteiger charge is -2.41. The first-order valence-corrected chi connectivity index (χ1v) is 15.3. The van der Waals surface area contributed by atoms with E-state index in [4.69, 9.17) is 14.5 Å². The topological polar surface area (TPSA) is 71.9 Å². The molecule has 0 aliphatic carbocycles. The van der Waals surface area contributed by atoms with Crippen LogP contribution in [0.15, 0.2) is 48.5 Å². The van der Waals surface area contributed by atoms with Crippen LogP contribution in [0.1, 0.15) is 88.1 Å². The van der Waals surface area contributed by atoms with Crippen LogP contribution in [0, 0.1) is 19.3 Å². The van der Waals surface area contributed by atoms with Crippen LogP contribution in [0.2, 0.25) is 0 Å². The Labute approximate surface area is 251 Å². The van der Waals surface area contributed by atoms with Gasteiger partial charge >= 0.3 is 5.97 Å². The molecule has 0 radical (unpaired) electrons. The Balaban J connectivity index is 1.58. The van der Waals surface area contributed by atoms with Crippen molar-refractivity contribution in [1.82, 2.24) is 4.98 Å². The molecule has 0 saturated carbocycles. The Kier molecular flexibility index (Phi) is 8.39. The molecule has 0 amide bonds. The molecule has 0 spiro atoms. The smallest absolute Gasteiger partial charge is 0.337 e. The average Bonchev–Trinajstić information content (AvgIpc) is 2.91. The van der Waals surface area contributed by atoms with Crippen molar-refractivity contribution in [2.45, 2.75) is 98.4 Å². The number of benzene rings is 2. The summed E-state index contributed by atoms with van der Waals surface area (Å²) < 4.78 is 12.7. The summed E-state index contributed by atoms with van der Waals surface area (Å²) in [5.41, 5.74) is 7.34. The highest BCUT2D eigenvalue weighted by Gasteiger charge is 2.36. The minimum Gasteiger partial charge on any atom is -0.490 e. The Morgan fingerprint density at radius 3 is 2.43 bits per heavy atom. The number of piperidine rings is 1. The van der Waals surface area contributed by atoms with Crippen LogP contribution in [0.5, 0.6) is 5.75 Å². The van der Waals surface area contributed by atoms with Crippen LogP contribution in [0.3, 0.4) is 0 Å². The molecule has 3 heterocycles. The SMILES string of the molecule is Cc1nc(C)c([C@H](OC(C)(C)C)C(=O)O)c(N2CCC(C)(C)CC2)c1-c1ccc2c(c1)CC[C@@H](Cc1ccccc1)O2. The highest BCUT2D eigenvalue weighted by Crippen LogP contribution is 2.46. The highest BCUT2D eigenvalue weighted by molar-refractivity contribution is 5.88. The Morgan fingerprint density at radius 2 is 1.79 bits per heavy atom. The predicted octanol–water partition coefficient (Wildman–Crippen LogP) is 7.87. The summed E-state index contributed by atoms with van der Waals surface area (Å²) in [5.74, 6) is -0.0591. The van der Waals surface area contributed by atoms with Crippen molar-refractivity contribution in [1.29, 1.82) is 0 Å². The van der Waals surface area contributed by atoms with Gasteiger partial charge in [0.05, 0.1) is 11.3 Å². The molecule has 224 valence electrons. The van der Waals surface area contributed by atoms with Gasteiger partial charge in [-0.25, -0.2) is 4.79 Å². The maximum atomic E-state index is 12.8. The molecule has 1 N–H and O–H groups in total.